The van der Waals surface area contributed by atoms with Gasteiger partial charge in [-0.25, -0.2) is 0 Å². The summed E-state index contributed by atoms with van der Waals surface area (Å²) in [4.78, 5) is 1.52. The number of alkyl halides is 3. The minimum Gasteiger partial charge on any atom is -0.378 e. The van der Waals surface area contributed by atoms with Crippen molar-refractivity contribution in [3.8, 4) is 0 Å². The van der Waals surface area contributed by atoms with Crippen LogP contribution in [0.15, 0.2) is 46.2 Å². The van der Waals surface area contributed by atoms with E-state index in [9.17, 15) is 13.2 Å². The highest BCUT2D eigenvalue weighted by Gasteiger charge is 2.34. The molecular formula is C16H14F3N3S. The van der Waals surface area contributed by atoms with Crippen LogP contribution in [0, 0.1) is 0 Å². The minimum absolute atomic E-state index is 0.159. The molecule has 2 heterocycles. The molecule has 2 aliphatic heterocycles. The van der Waals surface area contributed by atoms with E-state index in [1.54, 1.807) is 0 Å². The second-order valence-corrected chi connectivity index (χ2v) is 6.70. The van der Waals surface area contributed by atoms with Crippen LogP contribution in [0.3, 0.4) is 0 Å². The molecule has 0 atom stereocenters. The van der Waals surface area contributed by atoms with Crippen LogP contribution in [0.25, 0.3) is 0 Å². The first-order valence-electron chi connectivity index (χ1n) is 7.27. The number of halogens is 3. The van der Waals surface area contributed by atoms with E-state index in [4.69, 9.17) is 0 Å². The molecule has 0 aromatic heterocycles. The largest absolute Gasteiger partial charge is 0.416 e. The van der Waals surface area contributed by atoms with E-state index < -0.39 is 11.7 Å². The van der Waals surface area contributed by atoms with Gasteiger partial charge in [0.15, 0.2) is 0 Å². The highest BCUT2D eigenvalue weighted by molar-refractivity contribution is 7.99. The van der Waals surface area contributed by atoms with Crippen LogP contribution in [0.4, 0.5) is 30.2 Å². The molecule has 2 aromatic rings. The number of hydrogen-bond donors (Lipinski definition) is 3. The number of benzene rings is 2. The van der Waals surface area contributed by atoms with Gasteiger partial charge in [-0.05, 0) is 24.3 Å². The summed E-state index contributed by atoms with van der Waals surface area (Å²) >= 11 is 1.36. The van der Waals surface area contributed by atoms with Crippen molar-refractivity contribution in [1.29, 1.82) is 0 Å². The Kier molecular flexibility index (Phi) is 3.42. The third-order valence-electron chi connectivity index (χ3n) is 3.94. The molecule has 2 aromatic carbocycles. The summed E-state index contributed by atoms with van der Waals surface area (Å²) in [5.41, 5.74) is 1.51. The molecule has 0 spiro atoms. The van der Waals surface area contributed by atoms with E-state index in [1.165, 1.54) is 23.9 Å². The maximum Gasteiger partial charge on any atom is 0.416 e. The fourth-order valence-electron chi connectivity index (χ4n) is 2.63. The molecule has 4 rings (SSSR count). The SMILES string of the molecule is FC(F)(F)c1cc(NC2CNC2)c2c(c1)Sc1ccccc1N2. The van der Waals surface area contributed by atoms with Crippen molar-refractivity contribution < 1.29 is 13.2 Å². The smallest absolute Gasteiger partial charge is 0.378 e. The van der Waals surface area contributed by atoms with Crippen LogP contribution < -0.4 is 16.0 Å². The molecule has 0 bridgehead atoms. The number of fused-ring (bicyclic) bond motifs is 2. The molecule has 0 amide bonds. The van der Waals surface area contributed by atoms with Crippen molar-refractivity contribution in [2.75, 3.05) is 23.7 Å². The van der Waals surface area contributed by atoms with E-state index in [1.807, 2.05) is 24.3 Å². The number of nitrogens with one attached hydrogen (secondary N) is 3. The summed E-state index contributed by atoms with van der Waals surface area (Å²) in [5, 5.41) is 9.59. The number of hydrogen-bond acceptors (Lipinski definition) is 4. The molecule has 120 valence electrons. The highest BCUT2D eigenvalue weighted by atomic mass is 32.2. The molecule has 0 aliphatic carbocycles. The predicted octanol–water partition coefficient (Wildman–Crippen LogP) is 4.30. The van der Waals surface area contributed by atoms with Gasteiger partial charge in [0.1, 0.15) is 0 Å². The molecule has 1 saturated heterocycles. The number of para-hydroxylation sites is 1. The lowest BCUT2D eigenvalue weighted by molar-refractivity contribution is -0.137. The van der Waals surface area contributed by atoms with Crippen LogP contribution >= 0.6 is 11.8 Å². The zero-order valence-corrected chi connectivity index (χ0v) is 12.8. The lowest BCUT2D eigenvalue weighted by atomic mass is 10.1. The molecule has 0 radical (unpaired) electrons. The predicted molar refractivity (Wildman–Crippen MR) is 85.6 cm³/mol. The Labute approximate surface area is 135 Å². The van der Waals surface area contributed by atoms with Gasteiger partial charge in [-0.15, -0.1) is 0 Å². The van der Waals surface area contributed by atoms with E-state index in [0.29, 0.717) is 16.3 Å². The summed E-state index contributed by atoms with van der Waals surface area (Å²) < 4.78 is 39.6. The zero-order valence-electron chi connectivity index (χ0n) is 12.0. The standard InChI is InChI=1S/C16H14F3N3S/c17-16(18,19)9-5-12(21-10-7-20-8-10)15-14(6-9)23-13-4-2-1-3-11(13)22-15/h1-6,10,20-22H,7-8H2. The van der Waals surface area contributed by atoms with Crippen molar-refractivity contribution in [2.24, 2.45) is 0 Å². The van der Waals surface area contributed by atoms with Crippen LogP contribution in [-0.4, -0.2) is 19.1 Å². The van der Waals surface area contributed by atoms with Gasteiger partial charge in [0.25, 0.3) is 0 Å². The van der Waals surface area contributed by atoms with Crippen molar-refractivity contribution in [2.45, 2.75) is 22.0 Å². The van der Waals surface area contributed by atoms with Crippen molar-refractivity contribution in [3.63, 3.8) is 0 Å². The van der Waals surface area contributed by atoms with Crippen LogP contribution in [0.2, 0.25) is 0 Å². The molecule has 23 heavy (non-hydrogen) atoms. The first-order valence-corrected chi connectivity index (χ1v) is 8.09. The van der Waals surface area contributed by atoms with E-state index >= 15 is 0 Å². The lowest BCUT2D eigenvalue weighted by Crippen LogP contribution is -2.51. The van der Waals surface area contributed by atoms with Gasteiger partial charge in [-0.2, -0.15) is 13.2 Å². The van der Waals surface area contributed by atoms with Crippen molar-refractivity contribution in [3.05, 3.63) is 42.0 Å². The van der Waals surface area contributed by atoms with Gasteiger partial charge in [0, 0.05) is 22.9 Å². The Hall–Kier alpha value is -1.86. The molecule has 7 heteroatoms. The Morgan fingerprint density at radius 1 is 1.09 bits per heavy atom. The van der Waals surface area contributed by atoms with Crippen LogP contribution in [-0.2, 0) is 6.18 Å². The molecular weight excluding hydrogens is 323 g/mol. The Balaban J connectivity index is 1.78. The number of anilines is 3. The maximum absolute atomic E-state index is 13.2. The minimum atomic E-state index is -4.36. The third kappa shape index (κ3) is 2.74. The first-order chi connectivity index (χ1) is 11.0. The van der Waals surface area contributed by atoms with Crippen molar-refractivity contribution in [1.82, 2.24) is 5.32 Å². The Morgan fingerprint density at radius 2 is 1.87 bits per heavy atom. The van der Waals surface area contributed by atoms with Gasteiger partial charge in [-0.3, -0.25) is 0 Å². The summed E-state index contributed by atoms with van der Waals surface area (Å²) in [6.07, 6.45) is -4.36. The van der Waals surface area contributed by atoms with Crippen LogP contribution in [0.1, 0.15) is 5.56 Å². The third-order valence-corrected chi connectivity index (χ3v) is 5.06. The summed E-state index contributed by atoms with van der Waals surface area (Å²) in [5.74, 6) is 0. The van der Waals surface area contributed by atoms with Crippen molar-refractivity contribution >= 4 is 28.8 Å². The fraction of sp³-hybridized carbons (Fsp3) is 0.250. The highest BCUT2D eigenvalue weighted by Crippen LogP contribution is 2.49. The quantitative estimate of drug-likeness (QED) is 0.652. The van der Waals surface area contributed by atoms with E-state index in [0.717, 1.165) is 23.7 Å². The zero-order chi connectivity index (χ0) is 16.0. The Bertz CT molecular complexity index is 757. The molecule has 2 aliphatic rings. The Morgan fingerprint density at radius 3 is 2.57 bits per heavy atom. The lowest BCUT2D eigenvalue weighted by Gasteiger charge is -2.32. The molecule has 3 nitrogen and oxygen atoms in total. The van der Waals surface area contributed by atoms with Gasteiger partial charge in [0.05, 0.1) is 28.7 Å². The summed E-state index contributed by atoms with van der Waals surface area (Å²) in [7, 11) is 0. The topological polar surface area (TPSA) is 36.1 Å². The summed E-state index contributed by atoms with van der Waals surface area (Å²) in [6, 6.07) is 10.2. The number of rotatable bonds is 2. The second kappa shape index (κ2) is 5.35. The average molecular weight is 337 g/mol. The van der Waals surface area contributed by atoms with Gasteiger partial charge in [-0.1, -0.05) is 23.9 Å². The van der Waals surface area contributed by atoms with E-state index in [2.05, 4.69) is 16.0 Å². The normalized spacial score (nSPS) is 16.8. The summed E-state index contributed by atoms with van der Waals surface area (Å²) in [6.45, 7) is 1.52. The van der Waals surface area contributed by atoms with Gasteiger partial charge < -0.3 is 16.0 Å². The first kappa shape index (κ1) is 14.7. The van der Waals surface area contributed by atoms with E-state index in [-0.39, 0.29) is 6.04 Å². The molecule has 1 fully saturated rings. The fourth-order valence-corrected chi connectivity index (χ4v) is 3.69. The van der Waals surface area contributed by atoms with Crippen LogP contribution in [0.5, 0.6) is 0 Å². The monoisotopic (exact) mass is 337 g/mol. The molecule has 3 N–H and O–H groups in total. The molecule has 0 saturated carbocycles. The second-order valence-electron chi connectivity index (χ2n) is 5.62. The maximum atomic E-state index is 13.2. The van der Waals surface area contributed by atoms with Gasteiger partial charge >= 0.3 is 6.18 Å². The van der Waals surface area contributed by atoms with Gasteiger partial charge in [0.2, 0.25) is 0 Å². The average Bonchev–Trinajstić information content (AvgIpc) is 2.47. The molecule has 0 unspecified atom stereocenters.